The predicted octanol–water partition coefficient (Wildman–Crippen LogP) is 2.93. The molecule has 2 fully saturated rings. The van der Waals surface area contributed by atoms with Crippen LogP contribution in [0.15, 0.2) is 47.8 Å². The van der Waals surface area contributed by atoms with Crippen molar-refractivity contribution in [1.82, 2.24) is 29.3 Å². The van der Waals surface area contributed by atoms with Crippen LogP contribution in [-0.2, 0) is 16.2 Å². The monoisotopic (exact) mass is 575 g/mol. The SMILES string of the molecule is N#CC1(NS(=O)(=O)c2cc(N3CCN(c4ccccn4)CC3)c3cnc(-c4nnc(C(F)(F)F)s4)n3c2)CC1. The van der Waals surface area contributed by atoms with E-state index in [2.05, 4.69) is 29.8 Å². The van der Waals surface area contributed by atoms with Gasteiger partial charge >= 0.3 is 6.18 Å². The van der Waals surface area contributed by atoms with Crippen LogP contribution in [0.4, 0.5) is 24.7 Å². The molecule has 0 radical (unpaired) electrons. The molecule has 1 saturated carbocycles. The lowest BCUT2D eigenvalue weighted by Gasteiger charge is -2.37. The highest BCUT2D eigenvalue weighted by atomic mass is 32.2. The Hall–Kier alpha value is -3.81. The molecule has 0 spiro atoms. The molecule has 39 heavy (non-hydrogen) atoms. The minimum Gasteiger partial charge on any atom is -0.366 e. The van der Waals surface area contributed by atoms with Crippen LogP contribution in [0.2, 0.25) is 0 Å². The van der Waals surface area contributed by atoms with Gasteiger partial charge in [-0.25, -0.2) is 18.4 Å². The Morgan fingerprint density at radius 1 is 1.08 bits per heavy atom. The summed E-state index contributed by atoms with van der Waals surface area (Å²) in [5.74, 6) is 0.863. The first-order valence-corrected chi connectivity index (χ1v) is 14.2. The van der Waals surface area contributed by atoms with Crippen molar-refractivity contribution in [3.05, 3.63) is 47.9 Å². The minimum absolute atomic E-state index is 0.0323. The number of nitrogens with zero attached hydrogens (tertiary/aromatic N) is 8. The summed E-state index contributed by atoms with van der Waals surface area (Å²) in [6.07, 6.45) is 0.604. The second-order valence-electron chi connectivity index (χ2n) is 9.27. The fourth-order valence-electron chi connectivity index (χ4n) is 4.44. The zero-order chi connectivity index (χ0) is 27.4. The molecule has 0 atom stereocenters. The number of anilines is 2. The normalized spacial score (nSPS) is 17.4. The van der Waals surface area contributed by atoms with Crippen LogP contribution in [-0.4, -0.2) is 64.7 Å². The molecule has 1 saturated heterocycles. The van der Waals surface area contributed by atoms with Gasteiger partial charge in [-0.15, -0.1) is 10.2 Å². The van der Waals surface area contributed by atoms with Crippen LogP contribution in [0.1, 0.15) is 17.8 Å². The van der Waals surface area contributed by atoms with Gasteiger partial charge in [0, 0.05) is 38.6 Å². The Kier molecular flexibility index (Phi) is 5.97. The third-order valence-electron chi connectivity index (χ3n) is 6.65. The fraction of sp³-hybridized carbons (Fsp3) is 0.348. The first kappa shape index (κ1) is 25.5. The van der Waals surface area contributed by atoms with Crippen molar-refractivity contribution in [3.8, 4) is 16.9 Å². The molecule has 0 unspecified atom stereocenters. The maximum atomic E-state index is 13.4. The molecule has 0 amide bonds. The predicted molar refractivity (Wildman–Crippen MR) is 136 cm³/mol. The first-order valence-electron chi connectivity index (χ1n) is 11.9. The molecule has 0 aromatic carbocycles. The van der Waals surface area contributed by atoms with E-state index in [9.17, 15) is 26.9 Å². The third-order valence-corrected chi connectivity index (χ3v) is 9.12. The first-order chi connectivity index (χ1) is 18.6. The van der Waals surface area contributed by atoms with Gasteiger partial charge in [-0.2, -0.15) is 23.2 Å². The minimum atomic E-state index is -4.67. The molecule has 4 aromatic heterocycles. The molecule has 5 heterocycles. The average Bonchev–Trinajstić information content (AvgIpc) is 3.30. The third kappa shape index (κ3) is 4.77. The Balaban J connectivity index is 1.41. The summed E-state index contributed by atoms with van der Waals surface area (Å²) in [5, 5.41) is 15.1. The topological polar surface area (TPSA) is 132 Å². The highest BCUT2D eigenvalue weighted by Gasteiger charge is 2.47. The van der Waals surface area contributed by atoms with Crippen LogP contribution in [0.3, 0.4) is 0 Å². The van der Waals surface area contributed by atoms with Gasteiger partial charge in [0.15, 0.2) is 10.8 Å². The zero-order valence-corrected chi connectivity index (χ0v) is 21.8. The molecular formula is C23H20F3N9O2S2. The van der Waals surface area contributed by atoms with E-state index >= 15 is 0 Å². The number of piperazine rings is 1. The van der Waals surface area contributed by atoms with E-state index in [0.717, 1.165) is 5.82 Å². The Morgan fingerprint density at radius 2 is 1.82 bits per heavy atom. The van der Waals surface area contributed by atoms with E-state index in [1.807, 2.05) is 29.2 Å². The number of nitrogens with one attached hydrogen (secondary N) is 1. The number of imidazole rings is 1. The van der Waals surface area contributed by atoms with Crippen molar-refractivity contribution in [1.29, 1.82) is 5.26 Å². The lowest BCUT2D eigenvalue weighted by Crippen LogP contribution is -2.47. The molecule has 16 heteroatoms. The highest BCUT2D eigenvalue weighted by molar-refractivity contribution is 7.89. The number of halogens is 3. The quantitative estimate of drug-likeness (QED) is 0.369. The maximum absolute atomic E-state index is 13.4. The lowest BCUT2D eigenvalue weighted by atomic mass is 10.2. The molecule has 1 aliphatic heterocycles. The van der Waals surface area contributed by atoms with E-state index in [1.54, 1.807) is 6.20 Å². The largest absolute Gasteiger partial charge is 0.445 e. The highest BCUT2D eigenvalue weighted by Crippen LogP contribution is 2.38. The number of sulfonamides is 1. The van der Waals surface area contributed by atoms with Crippen molar-refractivity contribution in [2.24, 2.45) is 0 Å². The number of pyridine rings is 2. The maximum Gasteiger partial charge on any atom is 0.445 e. The molecule has 2 aliphatic rings. The van der Waals surface area contributed by atoms with E-state index in [0.29, 0.717) is 61.6 Å². The second kappa shape index (κ2) is 9.14. The van der Waals surface area contributed by atoms with Gasteiger partial charge in [0.05, 0.1) is 23.5 Å². The van der Waals surface area contributed by atoms with Gasteiger partial charge in [-0.3, -0.25) is 4.40 Å². The Morgan fingerprint density at radius 3 is 2.44 bits per heavy atom. The van der Waals surface area contributed by atoms with Crippen LogP contribution in [0, 0.1) is 11.3 Å². The van der Waals surface area contributed by atoms with Crippen molar-refractivity contribution in [2.45, 2.75) is 29.5 Å². The Bertz CT molecular complexity index is 1690. The number of hydrogen-bond acceptors (Lipinski definition) is 10. The van der Waals surface area contributed by atoms with E-state index in [-0.39, 0.29) is 15.7 Å². The second-order valence-corrected chi connectivity index (χ2v) is 11.9. The van der Waals surface area contributed by atoms with Gasteiger partial charge < -0.3 is 9.80 Å². The summed E-state index contributed by atoms with van der Waals surface area (Å²) in [6.45, 7) is 2.29. The average molecular weight is 576 g/mol. The van der Waals surface area contributed by atoms with Gasteiger partial charge in [-0.05, 0) is 31.0 Å². The van der Waals surface area contributed by atoms with Crippen LogP contribution < -0.4 is 14.5 Å². The molecule has 11 nitrogen and oxygen atoms in total. The standard InChI is InChI=1S/C23H20F3N9O2S2/c24-23(25,26)21-31-30-20(38-21)19-29-12-17-16(33-7-9-34(10-8-33)18-3-1-2-6-28-18)11-15(13-35(17)19)39(36,37)32-22(14-27)4-5-22/h1-3,6,11-13,32H,4-5,7-10H2. The van der Waals surface area contributed by atoms with E-state index in [4.69, 9.17) is 0 Å². The fourth-order valence-corrected chi connectivity index (χ4v) is 6.53. The summed E-state index contributed by atoms with van der Waals surface area (Å²) < 4.78 is 70.2. The summed E-state index contributed by atoms with van der Waals surface area (Å²) >= 11 is 0.323. The summed E-state index contributed by atoms with van der Waals surface area (Å²) in [7, 11) is -4.15. The van der Waals surface area contributed by atoms with E-state index in [1.165, 1.54) is 22.9 Å². The summed E-state index contributed by atoms with van der Waals surface area (Å²) in [6, 6.07) is 9.17. The number of rotatable bonds is 6. The molecule has 202 valence electrons. The number of hydrogen-bond donors (Lipinski definition) is 1. The van der Waals surface area contributed by atoms with Crippen LogP contribution in [0.5, 0.6) is 0 Å². The van der Waals surface area contributed by atoms with E-state index < -0.39 is 26.7 Å². The van der Waals surface area contributed by atoms with Gasteiger partial charge in [0.25, 0.3) is 0 Å². The van der Waals surface area contributed by atoms with Crippen molar-refractivity contribution < 1.29 is 21.6 Å². The number of aromatic nitrogens is 5. The van der Waals surface area contributed by atoms with Crippen LogP contribution >= 0.6 is 11.3 Å². The van der Waals surface area contributed by atoms with Crippen molar-refractivity contribution >= 4 is 38.4 Å². The van der Waals surface area contributed by atoms with Gasteiger partial charge in [-0.1, -0.05) is 17.4 Å². The van der Waals surface area contributed by atoms with Gasteiger partial charge in [0.1, 0.15) is 16.3 Å². The molecular weight excluding hydrogens is 555 g/mol. The molecule has 1 aliphatic carbocycles. The molecule has 1 N–H and O–H groups in total. The molecule has 6 rings (SSSR count). The zero-order valence-electron chi connectivity index (χ0n) is 20.1. The molecule has 0 bridgehead atoms. The van der Waals surface area contributed by atoms with Crippen molar-refractivity contribution in [2.75, 3.05) is 36.0 Å². The lowest BCUT2D eigenvalue weighted by molar-refractivity contribution is -0.138. The summed E-state index contributed by atoms with van der Waals surface area (Å²) in [5.41, 5.74) is -0.110. The van der Waals surface area contributed by atoms with Crippen molar-refractivity contribution in [3.63, 3.8) is 0 Å². The molecule has 4 aromatic rings. The number of fused-ring (bicyclic) bond motifs is 1. The number of nitriles is 1. The van der Waals surface area contributed by atoms with Gasteiger partial charge in [0.2, 0.25) is 15.0 Å². The summed E-state index contributed by atoms with van der Waals surface area (Å²) in [4.78, 5) is 12.7. The Labute approximate surface area is 224 Å². The smallest absolute Gasteiger partial charge is 0.366 e. The number of alkyl halides is 3. The van der Waals surface area contributed by atoms with Crippen LogP contribution in [0.25, 0.3) is 16.3 Å².